The van der Waals surface area contributed by atoms with Crippen LogP contribution in [0.15, 0.2) is 0 Å². The Morgan fingerprint density at radius 3 is 2.19 bits per heavy atom. The minimum atomic E-state index is 0.571. The Balaban J connectivity index is 1.37. The van der Waals surface area contributed by atoms with Crippen LogP contribution >= 0.6 is 0 Å². The molecule has 0 spiro atoms. The van der Waals surface area contributed by atoms with Crippen molar-refractivity contribution in [2.75, 3.05) is 0 Å². The van der Waals surface area contributed by atoms with E-state index >= 15 is 0 Å². The van der Waals surface area contributed by atoms with Crippen molar-refractivity contribution >= 4 is 0 Å². The molecule has 16 heavy (non-hydrogen) atoms. The molecule has 5 atom stereocenters. The van der Waals surface area contributed by atoms with Gasteiger partial charge in [-0.2, -0.15) is 0 Å². The molecular formula is C15H25N. The summed E-state index contributed by atoms with van der Waals surface area (Å²) in [5.41, 5.74) is 6.50. The first-order valence-electron chi connectivity index (χ1n) is 7.60. The van der Waals surface area contributed by atoms with E-state index in [0.717, 1.165) is 35.5 Å². The van der Waals surface area contributed by atoms with Crippen LogP contribution in [0.3, 0.4) is 0 Å². The largest absolute Gasteiger partial charge is 0.327 e. The van der Waals surface area contributed by atoms with Crippen LogP contribution in [0.5, 0.6) is 0 Å². The molecule has 0 aromatic carbocycles. The number of nitrogens with two attached hydrogens (primary N) is 1. The van der Waals surface area contributed by atoms with Gasteiger partial charge in [0.2, 0.25) is 0 Å². The second-order valence-corrected chi connectivity index (χ2v) is 7.12. The van der Waals surface area contributed by atoms with Gasteiger partial charge in [-0.25, -0.2) is 0 Å². The van der Waals surface area contributed by atoms with Crippen molar-refractivity contribution in [1.82, 2.24) is 0 Å². The van der Waals surface area contributed by atoms with Crippen molar-refractivity contribution in [2.45, 2.75) is 57.4 Å². The van der Waals surface area contributed by atoms with Gasteiger partial charge in [0.1, 0.15) is 0 Å². The Morgan fingerprint density at radius 2 is 1.56 bits per heavy atom. The fourth-order valence-electron chi connectivity index (χ4n) is 5.75. The van der Waals surface area contributed by atoms with E-state index in [-0.39, 0.29) is 0 Å². The van der Waals surface area contributed by atoms with Gasteiger partial charge in [-0.3, -0.25) is 0 Å². The first kappa shape index (κ1) is 9.94. The van der Waals surface area contributed by atoms with Crippen LogP contribution in [0, 0.1) is 35.5 Å². The third kappa shape index (κ3) is 1.33. The molecule has 5 unspecified atom stereocenters. The minimum Gasteiger partial charge on any atom is -0.327 e. The molecule has 4 aliphatic carbocycles. The Morgan fingerprint density at radius 1 is 0.938 bits per heavy atom. The molecular weight excluding hydrogens is 194 g/mol. The Bertz CT molecular complexity index is 265. The quantitative estimate of drug-likeness (QED) is 0.775. The Kier molecular flexibility index (Phi) is 2.16. The first-order chi connectivity index (χ1) is 7.84. The van der Waals surface area contributed by atoms with Crippen molar-refractivity contribution in [3.05, 3.63) is 0 Å². The lowest BCUT2D eigenvalue weighted by Crippen LogP contribution is -2.28. The molecule has 90 valence electrons. The molecule has 4 rings (SSSR count). The van der Waals surface area contributed by atoms with Crippen LogP contribution in [0.1, 0.15) is 51.4 Å². The van der Waals surface area contributed by atoms with E-state index in [1.54, 1.807) is 19.3 Å². The zero-order chi connectivity index (χ0) is 10.7. The van der Waals surface area contributed by atoms with Gasteiger partial charge in [0.15, 0.2) is 0 Å². The maximum Gasteiger partial charge on any atom is 0.00755 e. The summed E-state index contributed by atoms with van der Waals surface area (Å²) in [6.07, 6.45) is 11.9. The van der Waals surface area contributed by atoms with Crippen molar-refractivity contribution in [2.24, 2.45) is 41.2 Å². The highest BCUT2D eigenvalue weighted by atomic mass is 14.8. The van der Waals surface area contributed by atoms with Crippen molar-refractivity contribution in [3.63, 3.8) is 0 Å². The van der Waals surface area contributed by atoms with Crippen LogP contribution in [0.4, 0.5) is 0 Å². The summed E-state index contributed by atoms with van der Waals surface area (Å²) in [5.74, 6) is 6.36. The monoisotopic (exact) mass is 219 g/mol. The van der Waals surface area contributed by atoms with E-state index in [2.05, 4.69) is 0 Å². The molecule has 0 amide bonds. The molecule has 1 nitrogen and oxygen atoms in total. The van der Waals surface area contributed by atoms with Gasteiger partial charge in [-0.1, -0.05) is 25.7 Å². The van der Waals surface area contributed by atoms with Crippen molar-refractivity contribution in [1.29, 1.82) is 0 Å². The van der Waals surface area contributed by atoms with Crippen molar-refractivity contribution < 1.29 is 0 Å². The normalized spacial score (nSPS) is 51.9. The molecule has 4 fully saturated rings. The van der Waals surface area contributed by atoms with E-state index in [1.807, 2.05) is 0 Å². The van der Waals surface area contributed by atoms with Gasteiger partial charge < -0.3 is 5.73 Å². The average molecular weight is 219 g/mol. The average Bonchev–Trinajstić information content (AvgIpc) is 2.73. The Labute approximate surface area is 99.2 Å². The Hall–Kier alpha value is -0.0400. The van der Waals surface area contributed by atoms with Gasteiger partial charge in [0.05, 0.1) is 0 Å². The molecule has 0 radical (unpaired) electrons. The molecule has 1 heteroatoms. The van der Waals surface area contributed by atoms with Gasteiger partial charge in [0, 0.05) is 6.04 Å². The fraction of sp³-hybridized carbons (Fsp3) is 1.00. The number of rotatable bonds is 3. The highest BCUT2D eigenvalue weighted by Crippen LogP contribution is 2.70. The second kappa shape index (κ2) is 3.48. The lowest BCUT2D eigenvalue weighted by atomic mass is 9.91. The van der Waals surface area contributed by atoms with Crippen molar-refractivity contribution in [3.8, 4) is 0 Å². The molecule has 2 bridgehead atoms. The lowest BCUT2D eigenvalue weighted by Gasteiger charge is -2.19. The highest BCUT2D eigenvalue weighted by Gasteiger charge is 2.66. The van der Waals surface area contributed by atoms with Crippen LogP contribution < -0.4 is 5.73 Å². The summed E-state index contributed by atoms with van der Waals surface area (Å²) in [6.45, 7) is 0. The van der Waals surface area contributed by atoms with Crippen LogP contribution in [-0.4, -0.2) is 6.04 Å². The van der Waals surface area contributed by atoms with Crippen LogP contribution in [0.2, 0.25) is 0 Å². The summed E-state index contributed by atoms with van der Waals surface area (Å²) >= 11 is 0. The predicted octanol–water partition coefficient (Wildman–Crippen LogP) is 3.19. The zero-order valence-electron chi connectivity index (χ0n) is 10.3. The molecule has 4 saturated carbocycles. The third-order valence-corrected chi connectivity index (χ3v) is 6.37. The topological polar surface area (TPSA) is 26.0 Å². The SMILES string of the molecule is NC(CC1CCCC1)C1C2C3CCC(C3)C12. The van der Waals surface area contributed by atoms with E-state index < -0.39 is 0 Å². The number of hydrogen-bond donors (Lipinski definition) is 1. The summed E-state index contributed by atoms with van der Waals surface area (Å²) in [7, 11) is 0. The summed E-state index contributed by atoms with van der Waals surface area (Å²) < 4.78 is 0. The van der Waals surface area contributed by atoms with Gasteiger partial charge >= 0.3 is 0 Å². The van der Waals surface area contributed by atoms with E-state index in [4.69, 9.17) is 5.73 Å². The van der Waals surface area contributed by atoms with Crippen LogP contribution in [0.25, 0.3) is 0 Å². The van der Waals surface area contributed by atoms with Gasteiger partial charge in [0.25, 0.3) is 0 Å². The van der Waals surface area contributed by atoms with Gasteiger partial charge in [-0.15, -0.1) is 0 Å². The number of fused-ring (bicyclic) bond motifs is 5. The zero-order valence-corrected chi connectivity index (χ0v) is 10.3. The second-order valence-electron chi connectivity index (χ2n) is 7.12. The fourth-order valence-corrected chi connectivity index (χ4v) is 5.75. The first-order valence-corrected chi connectivity index (χ1v) is 7.60. The summed E-state index contributed by atoms with van der Waals surface area (Å²) in [5, 5.41) is 0. The lowest BCUT2D eigenvalue weighted by molar-refractivity contribution is 0.353. The number of hydrogen-bond acceptors (Lipinski definition) is 1. The van der Waals surface area contributed by atoms with Gasteiger partial charge in [-0.05, 0) is 61.2 Å². The predicted molar refractivity (Wildman–Crippen MR) is 65.9 cm³/mol. The third-order valence-electron chi connectivity index (χ3n) is 6.37. The van der Waals surface area contributed by atoms with E-state index in [1.165, 1.54) is 32.1 Å². The maximum atomic E-state index is 6.50. The molecule has 4 aliphatic rings. The minimum absolute atomic E-state index is 0.571. The van der Waals surface area contributed by atoms with E-state index in [9.17, 15) is 0 Å². The smallest absolute Gasteiger partial charge is 0.00755 e. The molecule has 2 N–H and O–H groups in total. The molecule has 0 aromatic heterocycles. The van der Waals surface area contributed by atoms with Crippen LogP contribution in [-0.2, 0) is 0 Å². The summed E-state index contributed by atoms with van der Waals surface area (Å²) in [4.78, 5) is 0. The molecule has 0 aliphatic heterocycles. The molecule has 0 heterocycles. The maximum absolute atomic E-state index is 6.50. The van der Waals surface area contributed by atoms with E-state index in [0.29, 0.717) is 6.04 Å². The highest BCUT2D eigenvalue weighted by molar-refractivity contribution is 5.15. The molecule has 0 aromatic rings. The standard InChI is InChI=1S/C15H25N/c16-12(7-9-3-1-2-4-9)15-13-10-5-6-11(8-10)14(13)15/h9-15H,1-8,16H2. The summed E-state index contributed by atoms with van der Waals surface area (Å²) in [6, 6.07) is 0.571. The molecule has 0 saturated heterocycles.